The number of alkyl halides is 1. The number of nitrogens with zero attached hydrogens (tertiary/aromatic N) is 4. The normalized spacial score (nSPS) is 10.8. The topological polar surface area (TPSA) is 99.7 Å². The number of nitrogens with one attached hydrogen (secondary N) is 1. The van der Waals surface area contributed by atoms with E-state index in [0.717, 1.165) is 0 Å². The van der Waals surface area contributed by atoms with Crippen LogP contribution in [0.5, 0.6) is 0 Å². The van der Waals surface area contributed by atoms with Gasteiger partial charge < -0.3 is 10.7 Å². The van der Waals surface area contributed by atoms with Crippen molar-refractivity contribution < 1.29 is 4.79 Å². The molecule has 0 aliphatic heterocycles. The molecule has 0 aliphatic rings. The Morgan fingerprint density at radius 3 is 3.13 bits per heavy atom. The Labute approximate surface area is 91.3 Å². The molecule has 0 saturated carbocycles. The molecular formula is C7H11ClN6O. The molecular weight excluding hydrogens is 220 g/mol. The standard InChI is InChI=1S/C7H11ClN6O/c1-14(3-2-8)13-12-7-5(6(9)15)10-4-11-7/h4H,2-3H2,1H3,(H2,9,15)(H,10,11)/b13-12+. The Hall–Kier alpha value is -1.63. The molecule has 3 N–H and O–H groups in total. The number of imidazole rings is 1. The van der Waals surface area contributed by atoms with Crippen LogP contribution in [0.25, 0.3) is 0 Å². The molecule has 8 heteroatoms. The minimum Gasteiger partial charge on any atom is -0.364 e. The number of aromatic amines is 1. The van der Waals surface area contributed by atoms with E-state index in [-0.39, 0.29) is 11.5 Å². The minimum atomic E-state index is -0.624. The number of amides is 1. The summed E-state index contributed by atoms with van der Waals surface area (Å²) in [5, 5.41) is 9.07. The van der Waals surface area contributed by atoms with Gasteiger partial charge in [0.05, 0.1) is 12.9 Å². The van der Waals surface area contributed by atoms with Gasteiger partial charge in [-0.1, -0.05) is 5.22 Å². The molecule has 1 rings (SSSR count). The number of halogens is 1. The molecule has 0 fully saturated rings. The fourth-order valence-electron chi connectivity index (χ4n) is 0.830. The Kier molecular flexibility index (Phi) is 4.04. The Morgan fingerprint density at radius 2 is 2.53 bits per heavy atom. The summed E-state index contributed by atoms with van der Waals surface area (Å²) in [6, 6.07) is 0. The van der Waals surface area contributed by atoms with Crippen LogP contribution in [-0.2, 0) is 0 Å². The van der Waals surface area contributed by atoms with Gasteiger partial charge in [0.2, 0.25) is 5.82 Å². The summed E-state index contributed by atoms with van der Waals surface area (Å²) in [4.78, 5) is 17.2. The van der Waals surface area contributed by atoms with Crippen LogP contribution >= 0.6 is 11.6 Å². The van der Waals surface area contributed by atoms with Gasteiger partial charge in [0.15, 0.2) is 5.69 Å². The fraction of sp³-hybridized carbons (Fsp3) is 0.429. The quantitative estimate of drug-likeness (QED) is 0.442. The number of aromatic nitrogens is 2. The third kappa shape index (κ3) is 3.21. The molecule has 0 saturated heterocycles. The van der Waals surface area contributed by atoms with Gasteiger partial charge in [-0.15, -0.1) is 16.7 Å². The predicted octanol–water partition coefficient (Wildman–Crippen LogP) is 0.678. The van der Waals surface area contributed by atoms with Crippen molar-refractivity contribution >= 4 is 23.3 Å². The van der Waals surface area contributed by atoms with Crippen LogP contribution in [0.1, 0.15) is 10.5 Å². The summed E-state index contributed by atoms with van der Waals surface area (Å²) in [7, 11) is 1.71. The first-order chi connectivity index (χ1) is 7.15. The molecule has 0 aliphatic carbocycles. The zero-order valence-electron chi connectivity index (χ0n) is 8.14. The number of primary amides is 1. The van der Waals surface area contributed by atoms with E-state index in [9.17, 15) is 4.79 Å². The maximum absolute atomic E-state index is 10.9. The van der Waals surface area contributed by atoms with Gasteiger partial charge >= 0.3 is 0 Å². The summed E-state index contributed by atoms with van der Waals surface area (Å²) in [5.74, 6) is -0.0101. The van der Waals surface area contributed by atoms with E-state index in [2.05, 4.69) is 20.3 Å². The van der Waals surface area contributed by atoms with Gasteiger partial charge in [0, 0.05) is 12.9 Å². The largest absolute Gasteiger partial charge is 0.364 e. The molecule has 1 aromatic heterocycles. The lowest BCUT2D eigenvalue weighted by atomic mass is 10.4. The lowest BCUT2D eigenvalue weighted by Crippen LogP contribution is -2.13. The van der Waals surface area contributed by atoms with Gasteiger partial charge in [0.25, 0.3) is 5.91 Å². The second-order valence-electron chi connectivity index (χ2n) is 2.73. The lowest BCUT2D eigenvalue weighted by molar-refractivity contribution is 0.0996. The van der Waals surface area contributed by atoms with Gasteiger partial charge in [-0.3, -0.25) is 9.80 Å². The fourth-order valence-corrected chi connectivity index (χ4v) is 1.07. The molecule has 1 heterocycles. The molecule has 0 aromatic carbocycles. The Morgan fingerprint density at radius 1 is 1.80 bits per heavy atom. The van der Waals surface area contributed by atoms with Crippen molar-refractivity contribution in [3.8, 4) is 0 Å². The summed E-state index contributed by atoms with van der Waals surface area (Å²) in [6.45, 7) is 0.557. The highest BCUT2D eigenvalue weighted by Crippen LogP contribution is 2.13. The molecule has 0 radical (unpaired) electrons. The molecule has 15 heavy (non-hydrogen) atoms. The Balaban J connectivity index is 2.71. The smallest absolute Gasteiger partial charge is 0.269 e. The molecule has 0 spiro atoms. The number of hydrogen-bond acceptors (Lipinski definition) is 4. The summed E-state index contributed by atoms with van der Waals surface area (Å²) in [5.41, 5.74) is 5.21. The second-order valence-corrected chi connectivity index (χ2v) is 3.10. The monoisotopic (exact) mass is 230 g/mol. The van der Waals surface area contributed by atoms with Crippen molar-refractivity contribution in [1.82, 2.24) is 15.0 Å². The molecule has 7 nitrogen and oxygen atoms in total. The zero-order chi connectivity index (χ0) is 11.3. The Bertz CT molecular complexity index is 362. The zero-order valence-corrected chi connectivity index (χ0v) is 8.90. The maximum Gasteiger partial charge on any atom is 0.269 e. The van der Waals surface area contributed by atoms with Crippen LogP contribution in [-0.4, -0.2) is 40.4 Å². The van der Waals surface area contributed by atoms with Crippen LogP contribution in [0.4, 0.5) is 5.82 Å². The first-order valence-electron chi connectivity index (χ1n) is 4.17. The van der Waals surface area contributed by atoms with E-state index in [1.807, 2.05) is 0 Å². The SMILES string of the molecule is CN(CCCl)/N=N/c1nc[nH]c1C(N)=O. The maximum atomic E-state index is 10.9. The average molecular weight is 231 g/mol. The van der Waals surface area contributed by atoms with E-state index < -0.39 is 5.91 Å². The van der Waals surface area contributed by atoms with Crippen molar-refractivity contribution in [2.24, 2.45) is 16.1 Å². The molecule has 0 atom stereocenters. The predicted molar refractivity (Wildman–Crippen MR) is 55.0 cm³/mol. The van der Waals surface area contributed by atoms with Crippen molar-refractivity contribution in [2.45, 2.75) is 0 Å². The van der Waals surface area contributed by atoms with Crippen LogP contribution in [0.2, 0.25) is 0 Å². The number of nitrogens with two attached hydrogens (primary N) is 1. The number of carbonyl (C=O) groups is 1. The van der Waals surface area contributed by atoms with Crippen LogP contribution < -0.4 is 5.73 Å². The third-order valence-electron chi connectivity index (χ3n) is 1.57. The molecule has 1 amide bonds. The summed E-state index contributed by atoms with van der Waals surface area (Å²) >= 11 is 5.50. The summed E-state index contributed by atoms with van der Waals surface area (Å²) in [6.07, 6.45) is 1.33. The highest BCUT2D eigenvalue weighted by Gasteiger charge is 2.09. The highest BCUT2D eigenvalue weighted by molar-refractivity contribution is 6.18. The van der Waals surface area contributed by atoms with Crippen molar-refractivity contribution in [2.75, 3.05) is 19.5 Å². The van der Waals surface area contributed by atoms with E-state index in [0.29, 0.717) is 12.4 Å². The number of rotatable bonds is 5. The van der Waals surface area contributed by atoms with E-state index >= 15 is 0 Å². The van der Waals surface area contributed by atoms with Crippen molar-refractivity contribution in [1.29, 1.82) is 0 Å². The van der Waals surface area contributed by atoms with Gasteiger partial charge in [0.1, 0.15) is 0 Å². The third-order valence-corrected chi connectivity index (χ3v) is 1.74. The minimum absolute atomic E-state index is 0.137. The number of hydrogen-bond donors (Lipinski definition) is 2. The van der Waals surface area contributed by atoms with Crippen LogP contribution in [0.15, 0.2) is 16.7 Å². The number of carbonyl (C=O) groups excluding carboxylic acids is 1. The molecule has 0 unspecified atom stereocenters. The summed E-state index contributed by atoms with van der Waals surface area (Å²) < 4.78 is 0. The lowest BCUT2D eigenvalue weighted by Gasteiger charge is -2.06. The molecule has 82 valence electrons. The first kappa shape index (κ1) is 11.4. The number of H-pyrrole nitrogens is 1. The van der Waals surface area contributed by atoms with Crippen LogP contribution in [0, 0.1) is 0 Å². The molecule has 1 aromatic rings. The highest BCUT2D eigenvalue weighted by atomic mass is 35.5. The van der Waals surface area contributed by atoms with Gasteiger partial charge in [-0.2, -0.15) is 0 Å². The van der Waals surface area contributed by atoms with E-state index in [4.69, 9.17) is 17.3 Å². The van der Waals surface area contributed by atoms with Gasteiger partial charge in [-0.25, -0.2) is 4.98 Å². The van der Waals surface area contributed by atoms with Crippen molar-refractivity contribution in [3.63, 3.8) is 0 Å². The van der Waals surface area contributed by atoms with E-state index in [1.165, 1.54) is 11.3 Å². The van der Waals surface area contributed by atoms with Crippen molar-refractivity contribution in [3.05, 3.63) is 12.0 Å². The average Bonchev–Trinajstić information content (AvgIpc) is 2.63. The van der Waals surface area contributed by atoms with E-state index in [1.54, 1.807) is 7.05 Å². The van der Waals surface area contributed by atoms with Gasteiger partial charge in [-0.05, 0) is 0 Å². The van der Waals surface area contributed by atoms with Crippen LogP contribution in [0.3, 0.4) is 0 Å². The molecule has 0 bridgehead atoms. The first-order valence-corrected chi connectivity index (χ1v) is 4.70. The second kappa shape index (κ2) is 5.30.